The van der Waals surface area contributed by atoms with Crippen molar-refractivity contribution in [1.82, 2.24) is 9.55 Å². The zero-order valence-electron chi connectivity index (χ0n) is 27.3. The molecule has 19 heteroatoms. The molecule has 2 aromatic heterocycles. The molecule has 5 atom stereocenters. The number of hydrogen-bond donors (Lipinski definition) is 3. The number of carbonyl (C=O) groups excluding carboxylic acids is 2. The largest absolute Gasteiger partial charge is 0.438 e. The highest BCUT2D eigenvalue weighted by molar-refractivity contribution is 7.53. The zero-order chi connectivity index (χ0) is 35.4. The van der Waals surface area contributed by atoms with Crippen LogP contribution in [0.3, 0.4) is 0 Å². The van der Waals surface area contributed by atoms with Gasteiger partial charge in [-0.3, -0.25) is 23.2 Å². The van der Waals surface area contributed by atoms with Gasteiger partial charge in [-0.05, 0) is 25.3 Å². The number of methoxy groups -OCH3 is 2. The third-order valence-electron chi connectivity index (χ3n) is 7.95. The van der Waals surface area contributed by atoms with Gasteiger partial charge < -0.3 is 48.5 Å². The van der Waals surface area contributed by atoms with E-state index < -0.39 is 64.0 Å². The first-order chi connectivity index (χ1) is 23.6. The minimum atomic E-state index is -4.20. The summed E-state index contributed by atoms with van der Waals surface area (Å²) in [5.41, 5.74) is 1.07. The first-order valence-electron chi connectivity index (χ1n) is 15.7. The van der Waals surface area contributed by atoms with Gasteiger partial charge >= 0.3 is 19.5 Å². The monoisotopic (exact) mass is 732 g/mol. The summed E-state index contributed by atoms with van der Waals surface area (Å²) in [4.78, 5) is 28.1. The van der Waals surface area contributed by atoms with Gasteiger partial charge in [-0.25, -0.2) is 4.98 Å². The lowest BCUT2D eigenvalue weighted by atomic mass is 10.1. The summed E-state index contributed by atoms with van der Waals surface area (Å²) in [6.07, 6.45) is 0.205. The van der Waals surface area contributed by atoms with E-state index in [-0.39, 0.29) is 42.8 Å². The van der Waals surface area contributed by atoms with Crippen LogP contribution in [-0.4, -0.2) is 110 Å². The van der Waals surface area contributed by atoms with Crippen LogP contribution in [0.15, 0.2) is 12.3 Å². The van der Waals surface area contributed by atoms with E-state index >= 15 is 0 Å². The molecule has 1 aliphatic heterocycles. The Kier molecular flexibility index (Phi) is 15.0. The number of ether oxygens (including phenoxy) is 6. The van der Waals surface area contributed by atoms with Crippen molar-refractivity contribution < 1.29 is 61.8 Å². The summed E-state index contributed by atoms with van der Waals surface area (Å²) >= 11 is 6.42. The van der Waals surface area contributed by atoms with Crippen LogP contribution in [0.25, 0.3) is 11.0 Å². The van der Waals surface area contributed by atoms with Crippen molar-refractivity contribution in [3.05, 3.63) is 23.0 Å². The molecule has 3 N–H and O–H groups in total. The van der Waals surface area contributed by atoms with E-state index in [0.29, 0.717) is 29.7 Å². The number of nitrogens with one attached hydrogen (secondary N) is 1. The van der Waals surface area contributed by atoms with Crippen molar-refractivity contribution in [2.45, 2.75) is 75.5 Å². The van der Waals surface area contributed by atoms with Crippen molar-refractivity contribution in [2.75, 3.05) is 59.3 Å². The highest BCUT2D eigenvalue weighted by atomic mass is 35.5. The molecule has 0 aromatic carbocycles. The Labute approximate surface area is 288 Å². The van der Waals surface area contributed by atoms with E-state index in [1.54, 1.807) is 12.3 Å². The maximum atomic E-state index is 13.4. The number of esters is 2. The Bertz CT molecular complexity index is 1500. The van der Waals surface area contributed by atoms with Crippen molar-refractivity contribution in [3.63, 3.8) is 0 Å². The summed E-state index contributed by atoms with van der Waals surface area (Å²) in [5, 5.41) is 35.6. The second kappa shape index (κ2) is 18.9. The molecule has 272 valence electrons. The molecule has 1 unspecified atom stereocenters. The average Bonchev–Trinajstić information content (AvgIpc) is 3.81. The molecule has 3 heterocycles. The van der Waals surface area contributed by atoms with Gasteiger partial charge in [-0.2, -0.15) is 5.26 Å². The van der Waals surface area contributed by atoms with Gasteiger partial charge in [0.05, 0.1) is 25.3 Å². The molecular weight excluding hydrogens is 691 g/mol. The fraction of sp³-hybridized carbons (Fsp3) is 0.667. The Balaban J connectivity index is 1.40. The number of aliphatic hydroxyl groups excluding tert-OH is 2. The number of rotatable bonds is 20. The summed E-state index contributed by atoms with van der Waals surface area (Å²) in [7, 11) is -1.30. The molecule has 1 saturated heterocycles. The molecule has 17 nitrogen and oxygen atoms in total. The lowest BCUT2D eigenvalue weighted by Gasteiger charge is -2.20. The Morgan fingerprint density at radius 1 is 1.10 bits per heavy atom. The van der Waals surface area contributed by atoms with Crippen LogP contribution in [0, 0.1) is 11.3 Å². The van der Waals surface area contributed by atoms with E-state index in [9.17, 15) is 29.6 Å². The van der Waals surface area contributed by atoms with Gasteiger partial charge in [-0.1, -0.05) is 24.4 Å². The molecule has 0 bridgehead atoms. The number of aromatic nitrogens is 2. The van der Waals surface area contributed by atoms with Crippen LogP contribution >= 0.6 is 19.2 Å². The summed E-state index contributed by atoms with van der Waals surface area (Å²) in [6.45, 7) is -1.43. The van der Waals surface area contributed by atoms with Crippen molar-refractivity contribution in [3.8, 4) is 6.07 Å². The van der Waals surface area contributed by atoms with Gasteiger partial charge in [0.25, 0.3) is 0 Å². The number of aliphatic hydroxyl groups is 2. The Morgan fingerprint density at radius 2 is 1.78 bits per heavy atom. The molecule has 2 aromatic rings. The third kappa shape index (κ3) is 10.6. The standard InChI is InChI=1S/C30H42ClN4O13P/c1-41-12-5-8-23(36)44-16-46-49(40,47-17-45-24(37)10-13-42-2)18-43-15-22-26(38)27(39)30(48-22)35-11-9-20-25(33-19-6-3-4-7-19)21(14-32)28(31)34-29(20)35/h9,11,19,22,26-27,30,38-39H,3-8,10,12-13,15-18H2,1-2H3,(H,33,34)/t22-,26-,27-,30-,49?/m1/s1. The minimum absolute atomic E-state index is 0.0239. The summed E-state index contributed by atoms with van der Waals surface area (Å²) in [5.74, 6) is -1.31. The van der Waals surface area contributed by atoms with Crippen LogP contribution < -0.4 is 5.32 Å². The van der Waals surface area contributed by atoms with Gasteiger partial charge in [0, 0.05) is 44.9 Å². The van der Waals surface area contributed by atoms with Crippen molar-refractivity contribution in [1.29, 1.82) is 5.26 Å². The third-order valence-corrected chi connectivity index (χ3v) is 9.72. The van der Waals surface area contributed by atoms with Gasteiger partial charge in [-0.15, -0.1) is 0 Å². The number of carbonyl (C=O) groups is 2. The van der Waals surface area contributed by atoms with E-state index in [1.165, 1.54) is 18.8 Å². The van der Waals surface area contributed by atoms with E-state index in [0.717, 1.165) is 25.7 Å². The quantitative estimate of drug-likeness (QED) is 0.0585. The maximum Gasteiger partial charge on any atom is 0.361 e. The smallest absolute Gasteiger partial charge is 0.361 e. The van der Waals surface area contributed by atoms with Gasteiger partial charge in [0.2, 0.25) is 13.6 Å². The molecule has 2 fully saturated rings. The lowest BCUT2D eigenvalue weighted by molar-refractivity contribution is -0.153. The number of nitriles is 1. The predicted octanol–water partition coefficient (Wildman–Crippen LogP) is 3.20. The summed E-state index contributed by atoms with van der Waals surface area (Å²) in [6, 6.07) is 4.01. The highest BCUT2D eigenvalue weighted by Crippen LogP contribution is 2.48. The second-order valence-electron chi connectivity index (χ2n) is 11.4. The minimum Gasteiger partial charge on any atom is -0.438 e. The fourth-order valence-electron chi connectivity index (χ4n) is 5.39. The molecule has 49 heavy (non-hydrogen) atoms. The van der Waals surface area contributed by atoms with E-state index in [4.69, 9.17) is 49.1 Å². The molecule has 4 rings (SSSR count). The lowest BCUT2D eigenvalue weighted by Crippen LogP contribution is -2.34. The SMILES string of the molecule is COCCCC(=O)OCOP(=O)(COC[C@H]1O[C@@H](n2ccc3c(NC4CCCC4)c(C#N)c(Cl)nc32)[C@H](O)[C@@H]1O)OCOC(=O)CCOC. The molecule has 1 aliphatic carbocycles. The second-order valence-corrected chi connectivity index (χ2v) is 13.7. The number of hydrogen-bond acceptors (Lipinski definition) is 16. The Morgan fingerprint density at radius 3 is 2.43 bits per heavy atom. The zero-order valence-corrected chi connectivity index (χ0v) is 28.9. The summed E-state index contributed by atoms with van der Waals surface area (Å²) < 4.78 is 56.4. The molecule has 2 aliphatic rings. The predicted molar refractivity (Wildman–Crippen MR) is 171 cm³/mol. The fourth-order valence-corrected chi connectivity index (χ4v) is 6.59. The molecule has 0 radical (unpaired) electrons. The van der Waals surface area contributed by atoms with Crippen LogP contribution in [0.2, 0.25) is 5.15 Å². The first kappa shape index (κ1) is 38.9. The van der Waals surface area contributed by atoms with E-state index in [1.807, 2.05) is 0 Å². The molecule has 0 spiro atoms. The normalized spacial score (nSPS) is 22.2. The number of fused-ring (bicyclic) bond motifs is 1. The van der Waals surface area contributed by atoms with Crippen LogP contribution in [0.1, 0.15) is 56.7 Å². The molecule has 1 saturated carbocycles. The van der Waals surface area contributed by atoms with Crippen LogP contribution in [0.5, 0.6) is 0 Å². The Hall–Kier alpha value is -2.88. The van der Waals surface area contributed by atoms with Gasteiger partial charge in [0.15, 0.2) is 11.4 Å². The van der Waals surface area contributed by atoms with Gasteiger partial charge in [0.1, 0.15) is 41.9 Å². The van der Waals surface area contributed by atoms with Crippen molar-refractivity contribution in [2.24, 2.45) is 0 Å². The molecule has 0 amide bonds. The topological polar surface area (TPSA) is 219 Å². The maximum absolute atomic E-state index is 13.4. The number of anilines is 1. The van der Waals surface area contributed by atoms with E-state index in [2.05, 4.69) is 16.4 Å². The van der Waals surface area contributed by atoms with Crippen LogP contribution in [-0.2, 0) is 51.6 Å². The number of halogens is 1. The van der Waals surface area contributed by atoms with Crippen LogP contribution in [0.4, 0.5) is 5.69 Å². The number of pyridine rings is 1. The van der Waals surface area contributed by atoms with Crippen molar-refractivity contribution >= 4 is 47.9 Å². The first-order valence-corrected chi connectivity index (χ1v) is 17.8. The highest BCUT2D eigenvalue weighted by Gasteiger charge is 2.45. The number of nitrogens with zero attached hydrogens (tertiary/aromatic N) is 3. The average molecular weight is 733 g/mol. The molecular formula is C30H42ClN4O13P.